The minimum atomic E-state index is -1.71. The van der Waals surface area contributed by atoms with Crippen molar-refractivity contribution in [2.75, 3.05) is 5.90 Å². The number of rotatable bonds is 6. The SMILES string of the molecule is B[PH]1(CP2C(c3ccccc3)CC[C@@H]2c2ccccc2)C(c2ccccc2)CC[C@@H]1c1ccccc1. The monoisotopic (exact) mass is 506 g/mol. The fraction of sp³-hybridized carbons (Fsp3) is 0.273. The second-order valence-corrected chi connectivity index (χ2v) is 19.1. The summed E-state index contributed by atoms with van der Waals surface area (Å²) in [7, 11) is 0.923. The van der Waals surface area contributed by atoms with E-state index in [9.17, 15) is 0 Å². The normalized spacial score (nSPS) is 28.1. The molecule has 4 aromatic rings. The molecular formula is C33H37BP2. The first-order chi connectivity index (χ1) is 17.7. The summed E-state index contributed by atoms with van der Waals surface area (Å²) in [5.74, 6) is 1.47. The predicted octanol–water partition coefficient (Wildman–Crippen LogP) is 9.28. The summed E-state index contributed by atoms with van der Waals surface area (Å²) in [5.41, 5.74) is 9.34. The van der Waals surface area contributed by atoms with Crippen LogP contribution in [0.25, 0.3) is 0 Å². The van der Waals surface area contributed by atoms with Gasteiger partial charge in [-0.3, -0.25) is 0 Å². The van der Waals surface area contributed by atoms with E-state index in [1.54, 1.807) is 22.3 Å². The molecule has 182 valence electrons. The second-order valence-electron chi connectivity index (χ2n) is 11.1. The molecule has 0 saturated carbocycles. The Hall–Kier alpha value is -2.20. The van der Waals surface area contributed by atoms with Crippen LogP contribution in [0.4, 0.5) is 0 Å². The Balaban J connectivity index is 1.43. The van der Waals surface area contributed by atoms with Gasteiger partial charge in [0.15, 0.2) is 0 Å². The molecule has 0 aromatic heterocycles. The Morgan fingerprint density at radius 2 is 0.833 bits per heavy atom. The quantitative estimate of drug-likeness (QED) is 0.181. The molecule has 2 saturated heterocycles. The molecule has 2 fully saturated rings. The molecule has 0 N–H and O–H groups in total. The number of benzene rings is 4. The van der Waals surface area contributed by atoms with Crippen molar-refractivity contribution in [3.8, 4) is 0 Å². The van der Waals surface area contributed by atoms with Crippen LogP contribution in [0.15, 0.2) is 121 Å². The van der Waals surface area contributed by atoms with Gasteiger partial charge in [0, 0.05) is 0 Å². The molecule has 3 unspecified atom stereocenters. The first kappa shape index (κ1) is 24.2. The van der Waals surface area contributed by atoms with E-state index < -0.39 is 7.14 Å². The van der Waals surface area contributed by atoms with Gasteiger partial charge in [0.2, 0.25) is 0 Å². The molecule has 5 atom stereocenters. The van der Waals surface area contributed by atoms with Gasteiger partial charge < -0.3 is 0 Å². The van der Waals surface area contributed by atoms with Gasteiger partial charge in [-0.2, -0.15) is 0 Å². The van der Waals surface area contributed by atoms with Crippen LogP contribution in [0.2, 0.25) is 0 Å². The third-order valence-electron chi connectivity index (χ3n) is 9.15. The van der Waals surface area contributed by atoms with Gasteiger partial charge in [0.05, 0.1) is 0 Å². The van der Waals surface area contributed by atoms with Gasteiger partial charge in [-0.1, -0.05) is 0 Å². The van der Waals surface area contributed by atoms with Crippen LogP contribution in [0.3, 0.4) is 0 Å². The van der Waals surface area contributed by atoms with Crippen LogP contribution in [0.1, 0.15) is 70.6 Å². The first-order valence-corrected chi connectivity index (χ1v) is 18.2. The van der Waals surface area contributed by atoms with E-state index in [1.165, 1.54) is 31.6 Å². The predicted molar refractivity (Wildman–Crippen MR) is 164 cm³/mol. The van der Waals surface area contributed by atoms with E-state index >= 15 is 0 Å². The van der Waals surface area contributed by atoms with E-state index in [1.807, 2.05) is 0 Å². The zero-order valence-corrected chi connectivity index (χ0v) is 23.2. The van der Waals surface area contributed by atoms with Crippen LogP contribution < -0.4 is 0 Å². The molecule has 4 aromatic carbocycles. The van der Waals surface area contributed by atoms with Crippen molar-refractivity contribution in [3.63, 3.8) is 0 Å². The molecule has 2 aliphatic rings. The van der Waals surface area contributed by atoms with Gasteiger partial charge >= 0.3 is 220 Å². The summed E-state index contributed by atoms with van der Waals surface area (Å²) in [6, 6.07) is 46.2. The maximum absolute atomic E-state index is 2.79. The third-order valence-corrected chi connectivity index (χ3v) is 20.5. The van der Waals surface area contributed by atoms with Crippen LogP contribution in [-0.4, -0.2) is 13.5 Å². The summed E-state index contributed by atoms with van der Waals surface area (Å²) in [4.78, 5) is 0. The van der Waals surface area contributed by atoms with Crippen molar-refractivity contribution in [2.24, 2.45) is 0 Å². The Morgan fingerprint density at radius 1 is 0.500 bits per heavy atom. The van der Waals surface area contributed by atoms with Crippen LogP contribution in [0, 0.1) is 0 Å². The molecule has 2 aliphatic heterocycles. The van der Waals surface area contributed by atoms with Crippen LogP contribution in [0.5, 0.6) is 0 Å². The van der Waals surface area contributed by atoms with Gasteiger partial charge in [0.25, 0.3) is 0 Å². The van der Waals surface area contributed by atoms with E-state index in [4.69, 9.17) is 0 Å². The van der Waals surface area contributed by atoms with Gasteiger partial charge in [-0.25, -0.2) is 0 Å². The van der Waals surface area contributed by atoms with E-state index in [0.717, 1.165) is 22.6 Å². The number of hydrogen-bond donors (Lipinski definition) is 0. The first-order valence-electron chi connectivity index (χ1n) is 13.7. The summed E-state index contributed by atoms with van der Waals surface area (Å²) in [6.07, 6.45) is 5.38. The summed E-state index contributed by atoms with van der Waals surface area (Å²) < 4.78 is 0. The van der Waals surface area contributed by atoms with Gasteiger partial charge in [-0.15, -0.1) is 0 Å². The van der Waals surface area contributed by atoms with Crippen molar-refractivity contribution in [3.05, 3.63) is 144 Å². The Morgan fingerprint density at radius 3 is 1.19 bits per heavy atom. The van der Waals surface area contributed by atoms with E-state index in [-0.39, 0.29) is 7.92 Å². The summed E-state index contributed by atoms with van der Waals surface area (Å²) in [5, 5.41) is 0. The van der Waals surface area contributed by atoms with E-state index in [0.29, 0.717) is 0 Å². The Labute approximate surface area is 220 Å². The average Bonchev–Trinajstić information content (AvgIpc) is 3.51. The standard InChI is InChI=1S/C33H37BP2/c34-36(32(28-17-9-3-10-18-28)23-24-33(36)29-19-11-4-12-20-29)25-35-30(26-13-5-1-6-14-26)21-22-31(35)27-15-7-2-8-16-27/h1-20,30-33,36H,21-25,34H2/t30-,31?,32-,33?,35?/m1/s1. The van der Waals surface area contributed by atoms with Crippen LogP contribution in [-0.2, 0) is 0 Å². The Kier molecular flexibility index (Phi) is 7.15. The molecule has 0 amide bonds. The van der Waals surface area contributed by atoms with Gasteiger partial charge in [-0.05, 0) is 0 Å². The molecule has 36 heavy (non-hydrogen) atoms. The van der Waals surface area contributed by atoms with Crippen molar-refractivity contribution < 1.29 is 0 Å². The van der Waals surface area contributed by atoms with Gasteiger partial charge in [0.1, 0.15) is 0 Å². The second kappa shape index (κ2) is 10.7. The zero-order chi connectivity index (χ0) is 24.4. The van der Waals surface area contributed by atoms with Crippen molar-refractivity contribution >= 4 is 22.6 Å². The minimum absolute atomic E-state index is 0.156. The molecule has 0 nitrogen and oxygen atoms in total. The molecule has 0 bridgehead atoms. The fourth-order valence-electron chi connectivity index (χ4n) is 7.47. The van der Waals surface area contributed by atoms with Crippen molar-refractivity contribution in [1.29, 1.82) is 0 Å². The maximum atomic E-state index is 2.79. The Bertz CT molecular complexity index is 1150. The molecule has 0 radical (unpaired) electrons. The zero-order valence-electron chi connectivity index (χ0n) is 21.3. The average molecular weight is 506 g/mol. The number of hydrogen-bond acceptors (Lipinski definition) is 0. The molecule has 6 rings (SSSR count). The van der Waals surface area contributed by atoms with Crippen molar-refractivity contribution in [1.82, 2.24) is 0 Å². The molecule has 0 spiro atoms. The van der Waals surface area contributed by atoms with Crippen molar-refractivity contribution in [2.45, 2.75) is 48.3 Å². The molecular weight excluding hydrogens is 469 g/mol. The summed E-state index contributed by atoms with van der Waals surface area (Å²) in [6.45, 7) is 0. The topological polar surface area (TPSA) is 0 Å². The molecule has 2 heterocycles. The molecule has 3 heteroatoms. The fourth-order valence-corrected chi connectivity index (χ4v) is 20.7. The molecule has 0 aliphatic carbocycles. The van der Waals surface area contributed by atoms with E-state index in [2.05, 4.69) is 129 Å². The van der Waals surface area contributed by atoms with Crippen LogP contribution >= 0.6 is 15.1 Å². The summed E-state index contributed by atoms with van der Waals surface area (Å²) >= 11 is 0. The third kappa shape index (κ3) is 4.62.